The van der Waals surface area contributed by atoms with Crippen LogP contribution in [0.3, 0.4) is 0 Å². The molecule has 3 rings (SSSR count). The summed E-state index contributed by atoms with van der Waals surface area (Å²) in [6.07, 6.45) is 0. The van der Waals surface area contributed by atoms with E-state index in [1.165, 1.54) is 5.56 Å². The molecule has 0 spiro atoms. The van der Waals surface area contributed by atoms with Crippen LogP contribution in [-0.4, -0.2) is 13.9 Å². The van der Waals surface area contributed by atoms with Crippen LogP contribution in [0.1, 0.15) is 24.0 Å². The van der Waals surface area contributed by atoms with E-state index in [9.17, 15) is 0 Å². The second-order valence-electron chi connectivity index (χ2n) is 4.72. The predicted molar refractivity (Wildman–Crippen MR) is 78.1 cm³/mol. The molecule has 0 N–H and O–H groups in total. The Morgan fingerprint density at radius 2 is 1.75 bits per heavy atom. The van der Waals surface area contributed by atoms with E-state index in [1.807, 2.05) is 36.4 Å². The predicted octanol–water partition coefficient (Wildman–Crippen LogP) is 4.23. The fourth-order valence-corrected chi connectivity index (χ4v) is 2.51. The standard InChI is InChI=1S/C16H15ClO3/c1-10(11-3-5-12(17)6-4-11)13-7-15-16(20-9-19-15)8-14(13)18-2/h3-8,10H,9H2,1-2H3/t10-/m1/s1. The Bertz CT molecular complexity index is 622. The van der Waals surface area contributed by atoms with E-state index in [1.54, 1.807) is 7.11 Å². The van der Waals surface area contributed by atoms with Gasteiger partial charge in [-0.2, -0.15) is 0 Å². The van der Waals surface area contributed by atoms with Gasteiger partial charge in [-0.15, -0.1) is 0 Å². The van der Waals surface area contributed by atoms with Crippen molar-refractivity contribution >= 4 is 11.6 Å². The molecule has 4 heteroatoms. The number of methoxy groups -OCH3 is 1. The first-order valence-corrected chi connectivity index (χ1v) is 6.80. The molecular formula is C16H15ClO3. The lowest BCUT2D eigenvalue weighted by molar-refractivity contribution is 0.174. The highest BCUT2D eigenvalue weighted by molar-refractivity contribution is 6.30. The lowest BCUT2D eigenvalue weighted by Gasteiger charge is -2.17. The molecule has 2 aromatic carbocycles. The van der Waals surface area contributed by atoms with Crippen molar-refractivity contribution in [1.82, 2.24) is 0 Å². The van der Waals surface area contributed by atoms with Crippen LogP contribution in [0.5, 0.6) is 17.2 Å². The van der Waals surface area contributed by atoms with Crippen molar-refractivity contribution in [1.29, 1.82) is 0 Å². The van der Waals surface area contributed by atoms with Crippen LogP contribution in [0.15, 0.2) is 36.4 Å². The molecule has 1 heterocycles. The van der Waals surface area contributed by atoms with Crippen molar-refractivity contribution in [3.63, 3.8) is 0 Å². The van der Waals surface area contributed by atoms with Crippen molar-refractivity contribution in [3.8, 4) is 17.2 Å². The van der Waals surface area contributed by atoms with E-state index in [4.69, 9.17) is 25.8 Å². The summed E-state index contributed by atoms with van der Waals surface area (Å²) >= 11 is 5.94. The van der Waals surface area contributed by atoms with Gasteiger partial charge in [0.25, 0.3) is 0 Å². The maximum absolute atomic E-state index is 5.94. The summed E-state index contributed by atoms with van der Waals surface area (Å²) in [5.74, 6) is 2.48. The first kappa shape index (κ1) is 13.1. The van der Waals surface area contributed by atoms with Crippen LogP contribution < -0.4 is 14.2 Å². The van der Waals surface area contributed by atoms with E-state index in [0.717, 1.165) is 27.8 Å². The van der Waals surface area contributed by atoms with Crippen LogP contribution in [0.4, 0.5) is 0 Å². The van der Waals surface area contributed by atoms with Gasteiger partial charge in [0, 0.05) is 22.6 Å². The number of hydrogen-bond donors (Lipinski definition) is 0. The van der Waals surface area contributed by atoms with Gasteiger partial charge in [-0.1, -0.05) is 30.7 Å². The molecule has 0 aliphatic carbocycles. The fraction of sp³-hybridized carbons (Fsp3) is 0.250. The monoisotopic (exact) mass is 290 g/mol. The Labute approximate surface area is 123 Å². The molecule has 1 aliphatic heterocycles. The molecule has 0 saturated carbocycles. The summed E-state index contributed by atoms with van der Waals surface area (Å²) in [6, 6.07) is 11.7. The maximum Gasteiger partial charge on any atom is 0.231 e. The molecule has 0 amide bonds. The summed E-state index contributed by atoms with van der Waals surface area (Å²) in [5, 5.41) is 0.735. The minimum absolute atomic E-state index is 0.178. The first-order valence-electron chi connectivity index (χ1n) is 6.42. The molecule has 104 valence electrons. The Morgan fingerprint density at radius 3 is 2.40 bits per heavy atom. The van der Waals surface area contributed by atoms with Crippen LogP contribution in [0.2, 0.25) is 5.02 Å². The summed E-state index contributed by atoms with van der Waals surface area (Å²) in [5.41, 5.74) is 2.24. The van der Waals surface area contributed by atoms with Gasteiger partial charge in [-0.25, -0.2) is 0 Å². The summed E-state index contributed by atoms with van der Waals surface area (Å²) in [6.45, 7) is 2.39. The second kappa shape index (κ2) is 5.25. The third kappa shape index (κ3) is 2.29. The summed E-state index contributed by atoms with van der Waals surface area (Å²) < 4.78 is 16.3. The molecule has 2 aromatic rings. The molecule has 0 radical (unpaired) electrons. The van der Waals surface area contributed by atoms with E-state index >= 15 is 0 Å². The van der Waals surface area contributed by atoms with Gasteiger partial charge in [0.1, 0.15) is 5.75 Å². The van der Waals surface area contributed by atoms with Crippen LogP contribution in [0, 0.1) is 0 Å². The van der Waals surface area contributed by atoms with Crippen LogP contribution >= 0.6 is 11.6 Å². The molecule has 3 nitrogen and oxygen atoms in total. The van der Waals surface area contributed by atoms with E-state index in [0.29, 0.717) is 0 Å². The van der Waals surface area contributed by atoms with Crippen molar-refractivity contribution < 1.29 is 14.2 Å². The third-order valence-corrected chi connectivity index (χ3v) is 3.81. The largest absolute Gasteiger partial charge is 0.496 e. The zero-order valence-corrected chi connectivity index (χ0v) is 12.1. The highest BCUT2D eigenvalue weighted by Crippen LogP contribution is 2.42. The van der Waals surface area contributed by atoms with E-state index in [-0.39, 0.29) is 12.7 Å². The van der Waals surface area contributed by atoms with Crippen LogP contribution in [-0.2, 0) is 0 Å². The number of halogens is 1. The van der Waals surface area contributed by atoms with Gasteiger partial charge in [0.05, 0.1) is 7.11 Å². The molecule has 0 bridgehead atoms. The minimum atomic E-state index is 0.178. The van der Waals surface area contributed by atoms with Gasteiger partial charge < -0.3 is 14.2 Å². The Hall–Kier alpha value is -1.87. The molecule has 1 aliphatic rings. The minimum Gasteiger partial charge on any atom is -0.496 e. The fourth-order valence-electron chi connectivity index (χ4n) is 2.39. The Balaban J connectivity index is 2.02. The average Bonchev–Trinajstić information content (AvgIpc) is 2.93. The highest BCUT2D eigenvalue weighted by atomic mass is 35.5. The van der Waals surface area contributed by atoms with E-state index in [2.05, 4.69) is 6.92 Å². The first-order chi connectivity index (χ1) is 9.69. The number of rotatable bonds is 3. The number of fused-ring (bicyclic) bond motifs is 1. The third-order valence-electron chi connectivity index (χ3n) is 3.56. The zero-order valence-electron chi connectivity index (χ0n) is 11.4. The van der Waals surface area contributed by atoms with Gasteiger partial charge in [0.2, 0.25) is 6.79 Å². The van der Waals surface area contributed by atoms with Crippen molar-refractivity contribution in [2.24, 2.45) is 0 Å². The second-order valence-corrected chi connectivity index (χ2v) is 5.16. The van der Waals surface area contributed by atoms with Crippen molar-refractivity contribution in [3.05, 3.63) is 52.5 Å². The zero-order chi connectivity index (χ0) is 14.1. The number of hydrogen-bond acceptors (Lipinski definition) is 3. The summed E-state index contributed by atoms with van der Waals surface area (Å²) in [4.78, 5) is 0. The van der Waals surface area contributed by atoms with Gasteiger partial charge in [-0.05, 0) is 23.8 Å². The lowest BCUT2D eigenvalue weighted by Crippen LogP contribution is -1.99. The molecule has 20 heavy (non-hydrogen) atoms. The SMILES string of the molecule is COc1cc2c(cc1[C@H](C)c1ccc(Cl)cc1)OCO2. The molecule has 0 fully saturated rings. The smallest absolute Gasteiger partial charge is 0.231 e. The highest BCUT2D eigenvalue weighted by Gasteiger charge is 2.21. The Kier molecular flexibility index (Phi) is 3.45. The Morgan fingerprint density at radius 1 is 1.10 bits per heavy atom. The normalized spacial score (nSPS) is 14.2. The van der Waals surface area contributed by atoms with Crippen molar-refractivity contribution in [2.45, 2.75) is 12.8 Å². The number of benzene rings is 2. The molecule has 0 unspecified atom stereocenters. The maximum atomic E-state index is 5.94. The van der Waals surface area contributed by atoms with Gasteiger partial charge >= 0.3 is 0 Å². The lowest BCUT2D eigenvalue weighted by atomic mass is 9.92. The topological polar surface area (TPSA) is 27.7 Å². The number of ether oxygens (including phenoxy) is 3. The van der Waals surface area contributed by atoms with Crippen molar-refractivity contribution in [2.75, 3.05) is 13.9 Å². The van der Waals surface area contributed by atoms with E-state index < -0.39 is 0 Å². The molecule has 0 saturated heterocycles. The quantitative estimate of drug-likeness (QED) is 0.847. The molecule has 1 atom stereocenters. The summed E-state index contributed by atoms with van der Waals surface area (Å²) in [7, 11) is 1.66. The average molecular weight is 291 g/mol. The van der Waals surface area contributed by atoms with Crippen LogP contribution in [0.25, 0.3) is 0 Å². The van der Waals surface area contributed by atoms with Gasteiger partial charge in [-0.3, -0.25) is 0 Å². The van der Waals surface area contributed by atoms with Gasteiger partial charge in [0.15, 0.2) is 11.5 Å². The molecule has 0 aromatic heterocycles. The molecular weight excluding hydrogens is 276 g/mol.